The lowest BCUT2D eigenvalue weighted by atomic mass is 9.98. The summed E-state index contributed by atoms with van der Waals surface area (Å²) in [5.41, 5.74) is 1.94. The summed E-state index contributed by atoms with van der Waals surface area (Å²) in [5, 5.41) is 0.426. The Bertz CT molecular complexity index is 1400. The van der Waals surface area contributed by atoms with E-state index in [9.17, 15) is 9.59 Å². The Morgan fingerprint density at radius 1 is 0.935 bits per heavy atom. The molecular weight excluding hydrogens is 526 g/mol. The number of carbonyl (C=O) groups is 1. The predicted octanol–water partition coefficient (Wildman–Crippen LogP) is 6.08. The molecule has 1 aliphatic heterocycles. The molecule has 1 amide bonds. The zero-order valence-electron chi connectivity index (χ0n) is 16.3. The highest BCUT2D eigenvalue weighted by Crippen LogP contribution is 2.42. The van der Waals surface area contributed by atoms with Gasteiger partial charge in [0.25, 0.3) is 5.91 Å². The second kappa shape index (κ2) is 7.66. The fraction of sp³-hybridized carbons (Fsp3) is 0.0833. The second-order valence-corrected chi connectivity index (χ2v) is 8.98. The summed E-state index contributed by atoms with van der Waals surface area (Å²) in [6, 6.07) is 19.4. The van der Waals surface area contributed by atoms with Gasteiger partial charge in [0.1, 0.15) is 11.3 Å². The Labute approximate surface area is 194 Å². The first-order chi connectivity index (χ1) is 15.0. The van der Waals surface area contributed by atoms with Crippen molar-refractivity contribution < 1.29 is 13.9 Å². The van der Waals surface area contributed by atoms with Gasteiger partial charge in [0.15, 0.2) is 5.43 Å². The first-order valence-corrected chi connectivity index (χ1v) is 11.1. The molecule has 154 valence electrons. The van der Waals surface area contributed by atoms with Crippen LogP contribution in [0.2, 0.25) is 0 Å². The van der Waals surface area contributed by atoms with E-state index in [4.69, 9.17) is 9.15 Å². The molecule has 1 aliphatic rings. The normalized spacial score (nSPS) is 15.4. The molecule has 5 rings (SSSR count). The average molecular weight is 541 g/mol. The molecule has 0 bridgehead atoms. The Kier molecular flexibility index (Phi) is 4.95. The standard InChI is InChI=1S/C24H15Br2NO4/c1-30-17-8-5-13(6-9-17)21-20-22(28)18-12-15(26)7-10-19(18)31-23(20)24(29)27(21)16-4-2-3-14(25)11-16/h2-12,21H,1H3. The molecule has 1 atom stereocenters. The maximum Gasteiger partial charge on any atom is 0.295 e. The number of anilines is 1. The SMILES string of the molecule is COc1ccc(C2c3c(oc4ccc(Br)cc4c3=O)C(=O)N2c2cccc(Br)c2)cc1. The van der Waals surface area contributed by atoms with Gasteiger partial charge in [-0.2, -0.15) is 0 Å². The van der Waals surface area contributed by atoms with Crippen LogP contribution < -0.4 is 15.1 Å². The fourth-order valence-corrected chi connectivity index (χ4v) is 4.69. The highest BCUT2D eigenvalue weighted by molar-refractivity contribution is 9.10. The number of halogens is 2. The lowest BCUT2D eigenvalue weighted by Crippen LogP contribution is -2.29. The van der Waals surface area contributed by atoms with Gasteiger partial charge in [0, 0.05) is 14.6 Å². The number of methoxy groups -OCH3 is 1. The molecule has 0 saturated carbocycles. The van der Waals surface area contributed by atoms with Gasteiger partial charge in [0.2, 0.25) is 5.76 Å². The molecule has 1 aromatic heterocycles. The summed E-state index contributed by atoms with van der Waals surface area (Å²) in [4.78, 5) is 28.7. The van der Waals surface area contributed by atoms with Gasteiger partial charge >= 0.3 is 0 Å². The van der Waals surface area contributed by atoms with E-state index in [1.807, 2.05) is 48.5 Å². The number of benzene rings is 3. The molecule has 0 spiro atoms. The van der Waals surface area contributed by atoms with Crippen LogP contribution in [0.4, 0.5) is 5.69 Å². The zero-order chi connectivity index (χ0) is 21.7. The van der Waals surface area contributed by atoms with Crippen molar-refractivity contribution in [2.45, 2.75) is 6.04 Å². The Hall–Kier alpha value is -2.90. The minimum atomic E-state index is -0.623. The van der Waals surface area contributed by atoms with Crippen molar-refractivity contribution in [3.63, 3.8) is 0 Å². The maximum absolute atomic E-state index is 13.6. The second-order valence-electron chi connectivity index (χ2n) is 7.15. The third-order valence-corrected chi connectivity index (χ3v) is 6.34. The van der Waals surface area contributed by atoms with Crippen LogP contribution in [0.25, 0.3) is 11.0 Å². The molecule has 0 aliphatic carbocycles. The highest BCUT2D eigenvalue weighted by Gasteiger charge is 2.43. The molecule has 0 N–H and O–H groups in total. The third-order valence-electron chi connectivity index (χ3n) is 5.35. The average Bonchev–Trinajstić information content (AvgIpc) is 3.07. The zero-order valence-corrected chi connectivity index (χ0v) is 19.4. The molecule has 1 unspecified atom stereocenters. The summed E-state index contributed by atoms with van der Waals surface area (Å²) in [5.74, 6) is 0.410. The van der Waals surface area contributed by atoms with Crippen LogP contribution in [0.5, 0.6) is 5.75 Å². The van der Waals surface area contributed by atoms with Crippen molar-refractivity contribution in [2.75, 3.05) is 12.0 Å². The number of fused-ring (bicyclic) bond motifs is 2. The number of hydrogen-bond acceptors (Lipinski definition) is 4. The summed E-state index contributed by atoms with van der Waals surface area (Å²) in [6.07, 6.45) is 0. The minimum absolute atomic E-state index is 0.0700. The van der Waals surface area contributed by atoms with E-state index in [0.29, 0.717) is 28.0 Å². The van der Waals surface area contributed by atoms with Crippen LogP contribution in [0.15, 0.2) is 84.9 Å². The Morgan fingerprint density at radius 2 is 1.68 bits per heavy atom. The first kappa shape index (κ1) is 20.0. The molecule has 31 heavy (non-hydrogen) atoms. The predicted molar refractivity (Wildman–Crippen MR) is 126 cm³/mol. The molecule has 0 fully saturated rings. The van der Waals surface area contributed by atoms with Gasteiger partial charge in [-0.3, -0.25) is 14.5 Å². The van der Waals surface area contributed by atoms with E-state index in [1.165, 1.54) is 0 Å². The van der Waals surface area contributed by atoms with E-state index in [2.05, 4.69) is 31.9 Å². The van der Waals surface area contributed by atoms with Gasteiger partial charge in [-0.15, -0.1) is 0 Å². The number of nitrogens with zero attached hydrogens (tertiary/aromatic N) is 1. The van der Waals surface area contributed by atoms with Crippen LogP contribution >= 0.6 is 31.9 Å². The van der Waals surface area contributed by atoms with E-state index in [1.54, 1.807) is 30.2 Å². The topological polar surface area (TPSA) is 59.8 Å². The maximum atomic E-state index is 13.6. The van der Waals surface area contributed by atoms with Crippen molar-refractivity contribution in [3.05, 3.63) is 103 Å². The molecule has 0 saturated heterocycles. The molecule has 0 radical (unpaired) electrons. The summed E-state index contributed by atoms with van der Waals surface area (Å²) >= 11 is 6.89. The smallest absolute Gasteiger partial charge is 0.295 e. The van der Waals surface area contributed by atoms with E-state index < -0.39 is 6.04 Å². The van der Waals surface area contributed by atoms with Gasteiger partial charge < -0.3 is 9.15 Å². The molecule has 7 heteroatoms. The Morgan fingerprint density at radius 3 is 2.39 bits per heavy atom. The number of carbonyl (C=O) groups excluding carboxylic acids is 1. The first-order valence-electron chi connectivity index (χ1n) is 9.47. The molecule has 5 nitrogen and oxygen atoms in total. The monoisotopic (exact) mass is 539 g/mol. The van der Waals surface area contributed by atoms with Gasteiger partial charge in [-0.25, -0.2) is 0 Å². The van der Waals surface area contributed by atoms with Crippen LogP contribution in [-0.2, 0) is 0 Å². The van der Waals surface area contributed by atoms with Crippen molar-refractivity contribution in [1.82, 2.24) is 0 Å². The van der Waals surface area contributed by atoms with Crippen LogP contribution in [-0.4, -0.2) is 13.0 Å². The van der Waals surface area contributed by atoms with Crippen LogP contribution in [0.3, 0.4) is 0 Å². The Balaban J connectivity index is 1.80. The van der Waals surface area contributed by atoms with Gasteiger partial charge in [-0.05, 0) is 54.1 Å². The molecule has 3 aromatic carbocycles. The number of rotatable bonds is 3. The summed E-state index contributed by atoms with van der Waals surface area (Å²) in [6.45, 7) is 0. The third kappa shape index (κ3) is 3.28. The quantitative estimate of drug-likeness (QED) is 0.316. The van der Waals surface area contributed by atoms with Crippen LogP contribution in [0.1, 0.15) is 27.7 Å². The van der Waals surface area contributed by atoms with Crippen molar-refractivity contribution in [2.24, 2.45) is 0 Å². The van der Waals surface area contributed by atoms with E-state index >= 15 is 0 Å². The van der Waals surface area contributed by atoms with E-state index in [-0.39, 0.29) is 17.1 Å². The number of ether oxygens (including phenoxy) is 1. The largest absolute Gasteiger partial charge is 0.497 e. The molecule has 4 aromatic rings. The fourth-order valence-electron chi connectivity index (χ4n) is 3.94. The van der Waals surface area contributed by atoms with E-state index in [0.717, 1.165) is 14.5 Å². The molecular formula is C24H15Br2NO4. The lowest BCUT2D eigenvalue weighted by Gasteiger charge is -2.25. The number of amides is 1. The summed E-state index contributed by atoms with van der Waals surface area (Å²) in [7, 11) is 1.59. The number of hydrogen-bond donors (Lipinski definition) is 0. The highest BCUT2D eigenvalue weighted by atomic mass is 79.9. The van der Waals surface area contributed by atoms with Crippen molar-refractivity contribution >= 4 is 54.4 Å². The van der Waals surface area contributed by atoms with Gasteiger partial charge in [-0.1, -0.05) is 50.1 Å². The lowest BCUT2D eigenvalue weighted by molar-refractivity contribution is 0.0971. The summed E-state index contributed by atoms with van der Waals surface area (Å²) < 4.78 is 12.8. The molecule has 2 heterocycles. The van der Waals surface area contributed by atoms with Crippen molar-refractivity contribution in [1.29, 1.82) is 0 Å². The van der Waals surface area contributed by atoms with Crippen LogP contribution in [0, 0.1) is 0 Å². The van der Waals surface area contributed by atoms with Crippen molar-refractivity contribution in [3.8, 4) is 5.75 Å². The minimum Gasteiger partial charge on any atom is -0.497 e. The van der Waals surface area contributed by atoms with Gasteiger partial charge in [0.05, 0.1) is 24.1 Å².